The lowest BCUT2D eigenvalue weighted by atomic mass is 10.2. The van der Waals surface area contributed by atoms with Crippen molar-refractivity contribution in [3.05, 3.63) is 72.5 Å². The van der Waals surface area contributed by atoms with Crippen LogP contribution in [0.2, 0.25) is 0 Å². The van der Waals surface area contributed by atoms with Crippen molar-refractivity contribution in [1.82, 2.24) is 20.3 Å². The van der Waals surface area contributed by atoms with Gasteiger partial charge in [-0.15, -0.1) is 0 Å². The lowest BCUT2D eigenvalue weighted by molar-refractivity contribution is 0.0935. The highest BCUT2D eigenvalue weighted by Gasteiger charge is 2.15. The molecule has 0 aliphatic carbocycles. The van der Waals surface area contributed by atoms with E-state index in [4.69, 9.17) is 9.15 Å². The number of oxazole rings is 1. The van der Waals surface area contributed by atoms with Gasteiger partial charge in [0.25, 0.3) is 5.91 Å². The van der Waals surface area contributed by atoms with Gasteiger partial charge >= 0.3 is 0 Å². The van der Waals surface area contributed by atoms with Crippen LogP contribution in [0.3, 0.4) is 0 Å². The van der Waals surface area contributed by atoms with Gasteiger partial charge in [-0.1, -0.05) is 18.2 Å². The Morgan fingerprint density at radius 2 is 2.12 bits per heavy atom. The van der Waals surface area contributed by atoms with Crippen molar-refractivity contribution in [3.63, 3.8) is 0 Å². The Morgan fingerprint density at radius 3 is 2.88 bits per heavy atom. The molecule has 0 unspecified atom stereocenters. The van der Waals surface area contributed by atoms with Crippen LogP contribution < -0.4 is 10.1 Å². The molecule has 2 heterocycles. The van der Waals surface area contributed by atoms with E-state index in [0.717, 1.165) is 5.69 Å². The zero-order chi connectivity index (χ0) is 17.5. The van der Waals surface area contributed by atoms with E-state index in [1.807, 2.05) is 37.3 Å². The first-order valence-corrected chi connectivity index (χ1v) is 7.88. The molecule has 7 heteroatoms. The highest BCUT2D eigenvalue weighted by Crippen LogP contribution is 2.11. The van der Waals surface area contributed by atoms with Gasteiger partial charge in [0.2, 0.25) is 5.89 Å². The second-order valence-corrected chi connectivity index (χ2v) is 5.50. The summed E-state index contributed by atoms with van der Waals surface area (Å²) in [6.45, 7) is 2.05. The predicted molar refractivity (Wildman–Crippen MR) is 89.9 cm³/mol. The van der Waals surface area contributed by atoms with Crippen LogP contribution in [0.4, 0.5) is 0 Å². The van der Waals surface area contributed by atoms with Crippen LogP contribution in [0.1, 0.15) is 29.0 Å². The molecule has 1 N–H and O–H groups in total. The molecular formula is C18H18N4O3. The van der Waals surface area contributed by atoms with Crippen LogP contribution in [0.25, 0.3) is 0 Å². The molecule has 7 nitrogen and oxygen atoms in total. The molecule has 0 radical (unpaired) electrons. The zero-order valence-corrected chi connectivity index (χ0v) is 13.8. The van der Waals surface area contributed by atoms with Gasteiger partial charge in [0.15, 0.2) is 12.3 Å². The normalized spacial score (nSPS) is 11.7. The minimum absolute atomic E-state index is 0.107. The van der Waals surface area contributed by atoms with Crippen molar-refractivity contribution in [2.24, 2.45) is 0 Å². The number of nitrogens with one attached hydrogen (secondary N) is 1. The fourth-order valence-corrected chi connectivity index (χ4v) is 2.24. The molecular weight excluding hydrogens is 320 g/mol. The van der Waals surface area contributed by atoms with E-state index in [1.165, 1.54) is 6.26 Å². The highest BCUT2D eigenvalue weighted by atomic mass is 16.5. The van der Waals surface area contributed by atoms with Gasteiger partial charge in [0.05, 0.1) is 5.69 Å². The van der Waals surface area contributed by atoms with Crippen molar-refractivity contribution >= 4 is 5.91 Å². The van der Waals surface area contributed by atoms with Crippen LogP contribution in [-0.2, 0) is 13.0 Å². The van der Waals surface area contributed by atoms with Gasteiger partial charge < -0.3 is 14.5 Å². The van der Waals surface area contributed by atoms with E-state index in [-0.39, 0.29) is 24.2 Å². The maximum Gasteiger partial charge on any atom is 0.273 e. The second kappa shape index (κ2) is 8.05. The maximum absolute atomic E-state index is 12.2. The van der Waals surface area contributed by atoms with E-state index in [9.17, 15) is 4.79 Å². The number of benzene rings is 1. The molecule has 2 aromatic heterocycles. The number of rotatable bonds is 7. The largest absolute Gasteiger partial charge is 0.484 e. The number of carbonyl (C=O) groups excluding carboxylic acids is 1. The van der Waals surface area contributed by atoms with Crippen LogP contribution >= 0.6 is 0 Å². The summed E-state index contributed by atoms with van der Waals surface area (Å²) < 4.78 is 10.8. The first-order valence-electron chi connectivity index (χ1n) is 7.88. The molecule has 0 saturated heterocycles. The lowest BCUT2D eigenvalue weighted by Gasteiger charge is -2.11. The third-order valence-electron chi connectivity index (χ3n) is 3.40. The highest BCUT2D eigenvalue weighted by molar-refractivity contribution is 5.92. The Hall–Kier alpha value is -3.22. The van der Waals surface area contributed by atoms with E-state index in [1.54, 1.807) is 18.6 Å². The molecule has 128 valence electrons. The van der Waals surface area contributed by atoms with Crippen LogP contribution in [0, 0.1) is 0 Å². The fraction of sp³-hybridized carbons (Fsp3) is 0.222. The zero-order valence-electron chi connectivity index (χ0n) is 13.8. The first kappa shape index (κ1) is 16.6. The number of carbonyl (C=O) groups is 1. The fourth-order valence-electron chi connectivity index (χ4n) is 2.24. The van der Waals surface area contributed by atoms with Crippen LogP contribution in [-0.4, -0.2) is 26.9 Å². The maximum atomic E-state index is 12.2. The van der Waals surface area contributed by atoms with Gasteiger partial charge in [-0.05, 0) is 19.1 Å². The summed E-state index contributed by atoms with van der Waals surface area (Å²) in [4.78, 5) is 24.6. The molecule has 25 heavy (non-hydrogen) atoms. The smallest absolute Gasteiger partial charge is 0.273 e. The summed E-state index contributed by atoms with van der Waals surface area (Å²) >= 11 is 0. The van der Waals surface area contributed by atoms with E-state index >= 15 is 0 Å². The third-order valence-corrected chi connectivity index (χ3v) is 3.40. The number of hydrogen-bond donors (Lipinski definition) is 1. The molecule has 0 saturated carbocycles. The topological polar surface area (TPSA) is 90.1 Å². The number of amides is 1. The number of nitrogens with zero attached hydrogens (tertiary/aromatic N) is 3. The van der Waals surface area contributed by atoms with Crippen molar-refractivity contribution in [1.29, 1.82) is 0 Å². The molecule has 1 aromatic carbocycles. The monoisotopic (exact) mass is 338 g/mol. The summed E-state index contributed by atoms with van der Waals surface area (Å²) in [6, 6.07) is 9.23. The molecule has 1 atom stereocenters. The van der Waals surface area contributed by atoms with Gasteiger partial charge in [-0.25, -0.2) is 4.98 Å². The standard InChI is InChI=1S/C18H18N4O3/c1-13(9-14-10-19-7-8-20-14)21-18(23)16-11-25-17(22-16)12-24-15-5-3-2-4-6-15/h2-8,10-11,13H,9,12H2,1H3,(H,21,23)/t13-/m0/s1. The van der Waals surface area contributed by atoms with Crippen molar-refractivity contribution in [2.45, 2.75) is 26.0 Å². The Kier molecular flexibility index (Phi) is 5.36. The van der Waals surface area contributed by atoms with Gasteiger partial charge in [0, 0.05) is 31.1 Å². The second-order valence-electron chi connectivity index (χ2n) is 5.50. The van der Waals surface area contributed by atoms with E-state index < -0.39 is 0 Å². The van der Waals surface area contributed by atoms with Crippen LogP contribution in [0.5, 0.6) is 5.75 Å². The Bertz CT molecular complexity index is 805. The first-order chi connectivity index (χ1) is 12.2. The van der Waals surface area contributed by atoms with Crippen molar-refractivity contribution in [2.75, 3.05) is 0 Å². The Labute approximate surface area is 145 Å². The number of para-hydroxylation sites is 1. The number of aromatic nitrogens is 3. The Balaban J connectivity index is 1.51. The quantitative estimate of drug-likeness (QED) is 0.711. The number of ether oxygens (including phenoxy) is 1. The molecule has 3 aromatic rings. The SMILES string of the molecule is C[C@@H](Cc1cnccn1)NC(=O)c1coc(COc2ccccc2)n1. The van der Waals surface area contributed by atoms with Gasteiger partial charge in [0.1, 0.15) is 12.0 Å². The summed E-state index contributed by atoms with van der Waals surface area (Å²) in [5, 5.41) is 2.86. The molecule has 0 aliphatic heterocycles. The molecule has 0 aliphatic rings. The Morgan fingerprint density at radius 1 is 1.28 bits per heavy atom. The van der Waals surface area contributed by atoms with Crippen LogP contribution in [0.15, 0.2) is 59.6 Å². The minimum atomic E-state index is -0.300. The van der Waals surface area contributed by atoms with Crippen molar-refractivity contribution < 1.29 is 13.9 Å². The van der Waals surface area contributed by atoms with Crippen molar-refractivity contribution in [3.8, 4) is 5.75 Å². The molecule has 0 spiro atoms. The third kappa shape index (κ3) is 4.87. The van der Waals surface area contributed by atoms with Gasteiger partial charge in [-0.2, -0.15) is 0 Å². The van der Waals surface area contributed by atoms with Gasteiger partial charge in [-0.3, -0.25) is 14.8 Å². The predicted octanol–water partition coefficient (Wildman–Crippen LogP) is 2.40. The molecule has 0 bridgehead atoms. The molecule has 3 rings (SSSR count). The summed E-state index contributed by atoms with van der Waals surface area (Å²) in [5.41, 5.74) is 1.03. The minimum Gasteiger partial charge on any atom is -0.484 e. The average molecular weight is 338 g/mol. The molecule has 0 fully saturated rings. The molecule has 1 amide bonds. The summed E-state index contributed by atoms with van der Waals surface area (Å²) in [7, 11) is 0. The average Bonchev–Trinajstić information content (AvgIpc) is 3.11. The van der Waals surface area contributed by atoms with E-state index in [2.05, 4.69) is 20.3 Å². The lowest BCUT2D eigenvalue weighted by Crippen LogP contribution is -2.34. The summed E-state index contributed by atoms with van der Waals surface area (Å²) in [6.07, 6.45) is 6.83. The van der Waals surface area contributed by atoms with E-state index in [0.29, 0.717) is 18.1 Å². The summed E-state index contributed by atoms with van der Waals surface area (Å²) in [5.74, 6) is 0.756. The number of hydrogen-bond acceptors (Lipinski definition) is 6.